The van der Waals surface area contributed by atoms with Crippen LogP contribution in [0, 0.1) is 23.7 Å². The molecule has 1 saturated carbocycles. The average molecular weight is 600 g/mol. The minimum atomic E-state index is -1.12. The van der Waals surface area contributed by atoms with Crippen LogP contribution in [0.2, 0.25) is 0 Å². The van der Waals surface area contributed by atoms with Crippen molar-refractivity contribution in [1.29, 1.82) is 0 Å². The van der Waals surface area contributed by atoms with E-state index in [0.717, 1.165) is 19.3 Å². The maximum absolute atomic E-state index is 14.1. The van der Waals surface area contributed by atoms with E-state index in [9.17, 15) is 28.8 Å². The van der Waals surface area contributed by atoms with Crippen molar-refractivity contribution in [2.75, 3.05) is 6.54 Å². The van der Waals surface area contributed by atoms with Crippen molar-refractivity contribution < 1.29 is 28.8 Å². The smallest absolute Gasteiger partial charge is 0.287 e. The summed E-state index contributed by atoms with van der Waals surface area (Å²) in [6.07, 6.45) is 8.39. The lowest BCUT2D eigenvalue weighted by Crippen LogP contribution is -2.60. The highest BCUT2D eigenvalue weighted by Gasteiger charge is 2.47. The molecule has 13 heteroatoms. The summed E-state index contributed by atoms with van der Waals surface area (Å²) in [4.78, 5) is 87.4. The van der Waals surface area contributed by atoms with Crippen LogP contribution in [0.3, 0.4) is 0 Å². The number of nitrogens with zero attached hydrogens (tertiary/aromatic N) is 3. The number of hydrogen-bond donors (Lipinski definition) is 4. The quantitative estimate of drug-likeness (QED) is 0.212. The number of rotatable bonds is 15. The second kappa shape index (κ2) is 15.0. The SMILES string of the molecule is CCC[C@H](NC(=O)[C@@H]1[C@@H](CC2CC2)CCN1C(=O)[C@@H](NC(=O)[C@@H](NC(=O)c1cnccn1)C(C)C)C(C)C)C(=O)C(N)=O. The van der Waals surface area contributed by atoms with Crippen LogP contribution in [-0.4, -0.2) is 80.9 Å². The zero-order valence-corrected chi connectivity index (χ0v) is 25.7. The van der Waals surface area contributed by atoms with E-state index in [1.54, 1.807) is 27.7 Å². The molecule has 2 heterocycles. The van der Waals surface area contributed by atoms with Gasteiger partial charge in [0.05, 0.1) is 12.2 Å². The fraction of sp³-hybridized carbons (Fsp3) is 0.667. The third-order valence-corrected chi connectivity index (χ3v) is 8.12. The van der Waals surface area contributed by atoms with Gasteiger partial charge in [-0.25, -0.2) is 4.98 Å². The molecule has 1 aliphatic carbocycles. The minimum Gasteiger partial charge on any atom is -0.363 e. The van der Waals surface area contributed by atoms with Crippen LogP contribution in [-0.2, 0) is 24.0 Å². The largest absolute Gasteiger partial charge is 0.363 e. The summed E-state index contributed by atoms with van der Waals surface area (Å²) >= 11 is 0. The van der Waals surface area contributed by atoms with E-state index in [0.29, 0.717) is 25.3 Å². The number of amides is 5. The van der Waals surface area contributed by atoms with E-state index < -0.39 is 59.5 Å². The molecule has 0 radical (unpaired) electrons. The van der Waals surface area contributed by atoms with E-state index in [-0.39, 0.29) is 29.9 Å². The number of hydrogen-bond acceptors (Lipinski definition) is 8. The zero-order chi connectivity index (χ0) is 31.8. The molecule has 1 aromatic heterocycles. The van der Waals surface area contributed by atoms with Crippen LogP contribution in [0.25, 0.3) is 0 Å². The number of nitrogens with one attached hydrogen (secondary N) is 3. The Bertz CT molecular complexity index is 1190. The molecule has 5 amide bonds. The molecule has 13 nitrogen and oxygen atoms in total. The number of primary amides is 1. The van der Waals surface area contributed by atoms with Crippen LogP contribution in [0.5, 0.6) is 0 Å². The van der Waals surface area contributed by atoms with Crippen molar-refractivity contribution in [2.45, 2.75) is 97.3 Å². The van der Waals surface area contributed by atoms with Gasteiger partial charge in [-0.05, 0) is 42.9 Å². The zero-order valence-electron chi connectivity index (χ0n) is 25.7. The Morgan fingerprint density at radius 1 is 0.953 bits per heavy atom. The Morgan fingerprint density at radius 2 is 1.63 bits per heavy atom. The third-order valence-electron chi connectivity index (χ3n) is 8.12. The first-order chi connectivity index (χ1) is 20.3. The molecule has 5 atom stereocenters. The molecular formula is C30H45N7O6. The number of likely N-dealkylation sites (tertiary alicyclic amines) is 1. The number of Topliss-reactive ketones (excluding diaryl/α,β-unsaturated/α-hetero) is 1. The third kappa shape index (κ3) is 8.80. The van der Waals surface area contributed by atoms with Gasteiger partial charge in [0.15, 0.2) is 0 Å². The van der Waals surface area contributed by atoms with E-state index in [1.807, 2.05) is 6.92 Å². The van der Waals surface area contributed by atoms with Gasteiger partial charge < -0.3 is 26.6 Å². The average Bonchev–Trinajstić information content (AvgIpc) is 3.69. The lowest BCUT2D eigenvalue weighted by atomic mass is 9.92. The van der Waals surface area contributed by atoms with E-state index >= 15 is 0 Å². The highest BCUT2D eigenvalue weighted by atomic mass is 16.2. The van der Waals surface area contributed by atoms with Gasteiger partial charge in [0.1, 0.15) is 23.8 Å². The van der Waals surface area contributed by atoms with Gasteiger partial charge in [-0.1, -0.05) is 53.9 Å². The molecule has 2 fully saturated rings. The summed E-state index contributed by atoms with van der Waals surface area (Å²) in [5.41, 5.74) is 5.28. The number of carbonyl (C=O) groups is 6. The lowest BCUT2D eigenvalue weighted by Gasteiger charge is -2.34. The molecule has 3 rings (SSSR count). The van der Waals surface area contributed by atoms with Crippen molar-refractivity contribution >= 4 is 35.3 Å². The molecule has 2 aliphatic rings. The summed E-state index contributed by atoms with van der Waals surface area (Å²) in [6.45, 7) is 9.27. The monoisotopic (exact) mass is 599 g/mol. The highest BCUT2D eigenvalue weighted by molar-refractivity contribution is 6.37. The predicted molar refractivity (Wildman–Crippen MR) is 157 cm³/mol. The summed E-state index contributed by atoms with van der Waals surface area (Å²) in [7, 11) is 0. The number of aromatic nitrogens is 2. The predicted octanol–water partition coefficient (Wildman–Crippen LogP) is 0.728. The first kappa shape index (κ1) is 33.6. The minimum absolute atomic E-state index is 0.0567. The van der Waals surface area contributed by atoms with Gasteiger partial charge in [0.2, 0.25) is 23.5 Å². The molecule has 1 aliphatic heterocycles. The molecule has 0 bridgehead atoms. The van der Waals surface area contributed by atoms with Crippen molar-refractivity contribution in [3.63, 3.8) is 0 Å². The molecule has 0 unspecified atom stereocenters. The van der Waals surface area contributed by atoms with Crippen LogP contribution < -0.4 is 21.7 Å². The van der Waals surface area contributed by atoms with Gasteiger partial charge in [0.25, 0.3) is 11.8 Å². The van der Waals surface area contributed by atoms with Crippen LogP contribution >= 0.6 is 0 Å². The molecule has 1 saturated heterocycles. The summed E-state index contributed by atoms with van der Waals surface area (Å²) < 4.78 is 0. The topological polar surface area (TPSA) is 194 Å². The number of ketones is 1. The summed E-state index contributed by atoms with van der Waals surface area (Å²) in [5, 5.41) is 8.21. The first-order valence-electron chi connectivity index (χ1n) is 15.2. The Balaban J connectivity index is 1.81. The van der Waals surface area contributed by atoms with E-state index in [2.05, 4.69) is 25.9 Å². The standard InChI is InChI=1S/C30H45N7O6/c1-6-7-20(25(38)26(31)39)34-29(42)24-19(14-18-8-9-18)10-13-37(24)30(43)23(17(4)5)36-28(41)22(16(2)3)35-27(40)21-15-32-11-12-33-21/h11-12,15-20,22-24H,6-10,13-14H2,1-5H3,(H2,31,39)(H,34,42)(H,35,40)(H,36,41)/t19-,20+,22+,23+,24+/m1/s1. The van der Waals surface area contributed by atoms with E-state index in [4.69, 9.17) is 5.73 Å². The van der Waals surface area contributed by atoms with Crippen LogP contribution in [0.15, 0.2) is 18.6 Å². The van der Waals surface area contributed by atoms with Crippen molar-refractivity contribution in [1.82, 2.24) is 30.8 Å². The highest BCUT2D eigenvalue weighted by Crippen LogP contribution is 2.40. The number of carbonyl (C=O) groups excluding carboxylic acids is 6. The molecule has 43 heavy (non-hydrogen) atoms. The Kier molecular flexibility index (Phi) is 11.7. The summed E-state index contributed by atoms with van der Waals surface area (Å²) in [6, 6.07) is -3.86. The molecular weight excluding hydrogens is 554 g/mol. The lowest BCUT2D eigenvalue weighted by molar-refractivity contribution is -0.144. The van der Waals surface area contributed by atoms with Crippen molar-refractivity contribution in [3.05, 3.63) is 24.3 Å². The van der Waals surface area contributed by atoms with Crippen molar-refractivity contribution in [2.24, 2.45) is 29.4 Å². The van der Waals surface area contributed by atoms with Crippen LogP contribution in [0.4, 0.5) is 0 Å². The first-order valence-corrected chi connectivity index (χ1v) is 15.2. The van der Waals surface area contributed by atoms with Crippen molar-refractivity contribution in [3.8, 4) is 0 Å². The van der Waals surface area contributed by atoms with Gasteiger partial charge in [-0.2, -0.15) is 0 Å². The van der Waals surface area contributed by atoms with Crippen LogP contribution in [0.1, 0.15) is 83.6 Å². The fourth-order valence-electron chi connectivity index (χ4n) is 5.58. The Morgan fingerprint density at radius 3 is 2.16 bits per heavy atom. The Labute approximate surface area is 252 Å². The van der Waals surface area contributed by atoms with Gasteiger partial charge in [0, 0.05) is 18.9 Å². The van der Waals surface area contributed by atoms with E-state index in [1.165, 1.54) is 23.5 Å². The van der Waals surface area contributed by atoms with Gasteiger partial charge >= 0.3 is 0 Å². The fourth-order valence-corrected chi connectivity index (χ4v) is 5.58. The Hall–Kier alpha value is -3.90. The molecule has 1 aromatic rings. The molecule has 5 N–H and O–H groups in total. The van der Waals surface area contributed by atoms with Gasteiger partial charge in [-0.15, -0.1) is 0 Å². The normalized spacial score (nSPS) is 20.3. The molecule has 0 spiro atoms. The summed E-state index contributed by atoms with van der Waals surface area (Å²) in [5.74, 6) is -4.32. The second-order valence-corrected chi connectivity index (χ2v) is 12.3. The second-order valence-electron chi connectivity index (χ2n) is 12.3. The number of nitrogens with two attached hydrogens (primary N) is 1. The molecule has 0 aromatic carbocycles. The maximum Gasteiger partial charge on any atom is 0.287 e. The molecule has 236 valence electrons. The van der Waals surface area contributed by atoms with Gasteiger partial charge in [-0.3, -0.25) is 33.8 Å². The maximum atomic E-state index is 14.1.